The number of amides is 3. The van der Waals surface area contributed by atoms with Crippen molar-refractivity contribution in [3.63, 3.8) is 0 Å². The number of imide groups is 1. The van der Waals surface area contributed by atoms with Gasteiger partial charge in [-0.25, -0.2) is 9.18 Å². The lowest BCUT2D eigenvalue weighted by Crippen LogP contribution is -2.57. The van der Waals surface area contributed by atoms with E-state index in [4.69, 9.17) is 0 Å². The lowest BCUT2D eigenvalue weighted by Gasteiger charge is -2.31. The van der Waals surface area contributed by atoms with Crippen molar-refractivity contribution in [1.82, 2.24) is 15.5 Å². The highest BCUT2D eigenvalue weighted by Gasteiger charge is 2.51. The van der Waals surface area contributed by atoms with Crippen molar-refractivity contribution < 1.29 is 14.0 Å². The number of carbonyl (C=O) groups is 2. The van der Waals surface area contributed by atoms with Crippen LogP contribution in [0.25, 0.3) is 0 Å². The number of piperidine rings is 1. The molecule has 2 fully saturated rings. The van der Waals surface area contributed by atoms with Crippen LogP contribution in [0.1, 0.15) is 18.4 Å². The molecule has 6 heteroatoms. The molecule has 1 aromatic carbocycles. The van der Waals surface area contributed by atoms with Crippen LogP contribution in [0.5, 0.6) is 0 Å². The Morgan fingerprint density at radius 2 is 2.00 bits per heavy atom. The van der Waals surface area contributed by atoms with E-state index in [0.717, 1.165) is 18.5 Å². The SMILES string of the molecule is O=C1NC2(CCCNC2)C(=O)N1Cc1ccc(F)cc1. The molecule has 5 nitrogen and oxygen atoms in total. The third-order valence-corrected chi connectivity index (χ3v) is 3.88. The Kier molecular flexibility index (Phi) is 3.17. The van der Waals surface area contributed by atoms with Gasteiger partial charge >= 0.3 is 6.03 Å². The minimum atomic E-state index is -0.796. The van der Waals surface area contributed by atoms with Crippen molar-refractivity contribution in [2.24, 2.45) is 0 Å². The number of rotatable bonds is 2. The van der Waals surface area contributed by atoms with Gasteiger partial charge in [-0.1, -0.05) is 12.1 Å². The maximum Gasteiger partial charge on any atom is 0.325 e. The molecule has 3 rings (SSSR count). The molecule has 2 aliphatic heterocycles. The first-order valence-electron chi connectivity index (χ1n) is 6.70. The summed E-state index contributed by atoms with van der Waals surface area (Å²) in [5.41, 5.74) is -0.0641. The summed E-state index contributed by atoms with van der Waals surface area (Å²) in [5.74, 6) is -0.530. The van der Waals surface area contributed by atoms with E-state index in [9.17, 15) is 14.0 Å². The first kappa shape index (κ1) is 13.1. The number of hydrogen-bond donors (Lipinski definition) is 2. The molecule has 0 radical (unpaired) electrons. The van der Waals surface area contributed by atoms with E-state index in [0.29, 0.717) is 13.0 Å². The van der Waals surface area contributed by atoms with Gasteiger partial charge in [0.25, 0.3) is 5.91 Å². The zero-order chi connectivity index (χ0) is 14.2. The summed E-state index contributed by atoms with van der Waals surface area (Å²) in [6, 6.07) is 5.44. The molecule has 20 heavy (non-hydrogen) atoms. The number of benzene rings is 1. The van der Waals surface area contributed by atoms with Gasteiger partial charge in [-0.15, -0.1) is 0 Å². The summed E-state index contributed by atoms with van der Waals surface area (Å²) in [6.45, 7) is 1.51. The summed E-state index contributed by atoms with van der Waals surface area (Å²) < 4.78 is 12.9. The zero-order valence-corrected chi connectivity index (χ0v) is 11.0. The van der Waals surface area contributed by atoms with Crippen LogP contribution in [-0.2, 0) is 11.3 Å². The Balaban J connectivity index is 1.78. The molecule has 2 heterocycles. The van der Waals surface area contributed by atoms with Crippen LogP contribution in [0.4, 0.5) is 9.18 Å². The summed E-state index contributed by atoms with van der Waals surface area (Å²) in [6.07, 6.45) is 1.51. The number of hydrogen-bond acceptors (Lipinski definition) is 3. The van der Waals surface area contributed by atoms with Gasteiger partial charge in [0.2, 0.25) is 0 Å². The Hall–Kier alpha value is -1.95. The summed E-state index contributed by atoms with van der Waals surface area (Å²) >= 11 is 0. The van der Waals surface area contributed by atoms with Gasteiger partial charge in [0.15, 0.2) is 0 Å². The van der Waals surface area contributed by atoms with Gasteiger partial charge in [-0.05, 0) is 37.1 Å². The van der Waals surface area contributed by atoms with Crippen LogP contribution in [-0.4, -0.2) is 35.5 Å². The fourth-order valence-corrected chi connectivity index (χ4v) is 2.79. The summed E-state index contributed by atoms with van der Waals surface area (Å²) in [5, 5.41) is 5.95. The second kappa shape index (κ2) is 4.86. The molecule has 106 valence electrons. The highest BCUT2D eigenvalue weighted by molar-refractivity contribution is 6.07. The van der Waals surface area contributed by atoms with E-state index < -0.39 is 5.54 Å². The van der Waals surface area contributed by atoms with Gasteiger partial charge in [-0.3, -0.25) is 9.69 Å². The van der Waals surface area contributed by atoms with Crippen molar-refractivity contribution in [1.29, 1.82) is 0 Å². The van der Waals surface area contributed by atoms with Crippen molar-refractivity contribution >= 4 is 11.9 Å². The highest BCUT2D eigenvalue weighted by atomic mass is 19.1. The minimum absolute atomic E-state index is 0.173. The van der Waals surface area contributed by atoms with Crippen molar-refractivity contribution in [3.8, 4) is 0 Å². The van der Waals surface area contributed by atoms with Crippen LogP contribution in [0, 0.1) is 5.82 Å². The van der Waals surface area contributed by atoms with Crippen LogP contribution in [0.2, 0.25) is 0 Å². The topological polar surface area (TPSA) is 61.4 Å². The van der Waals surface area contributed by atoms with Gasteiger partial charge < -0.3 is 10.6 Å². The standard InChI is InChI=1S/C14H16FN3O2/c15-11-4-2-10(3-5-11)8-18-12(19)14(17-13(18)20)6-1-7-16-9-14/h2-5,16H,1,6-9H2,(H,17,20). The summed E-state index contributed by atoms with van der Waals surface area (Å²) in [7, 11) is 0. The van der Waals surface area contributed by atoms with Crippen LogP contribution < -0.4 is 10.6 Å². The number of carbonyl (C=O) groups excluding carboxylic acids is 2. The molecule has 3 amide bonds. The quantitative estimate of drug-likeness (QED) is 0.793. The molecule has 2 saturated heterocycles. The van der Waals surface area contributed by atoms with Crippen molar-refractivity contribution in [2.75, 3.05) is 13.1 Å². The molecule has 0 saturated carbocycles. The molecule has 1 spiro atoms. The van der Waals surface area contributed by atoms with E-state index in [2.05, 4.69) is 10.6 Å². The lowest BCUT2D eigenvalue weighted by molar-refractivity contribution is -0.132. The normalized spacial score (nSPS) is 26.1. The second-order valence-corrected chi connectivity index (χ2v) is 5.31. The predicted molar refractivity (Wildman–Crippen MR) is 70.3 cm³/mol. The molecular weight excluding hydrogens is 261 g/mol. The molecule has 1 unspecified atom stereocenters. The number of halogens is 1. The highest BCUT2D eigenvalue weighted by Crippen LogP contribution is 2.26. The third kappa shape index (κ3) is 2.16. The Morgan fingerprint density at radius 1 is 1.25 bits per heavy atom. The average molecular weight is 277 g/mol. The first-order valence-corrected chi connectivity index (χ1v) is 6.70. The predicted octanol–water partition coefficient (Wildman–Crippen LogP) is 1.000. The minimum Gasteiger partial charge on any atom is -0.322 e. The maximum absolute atomic E-state index is 12.9. The Bertz CT molecular complexity index is 538. The van der Waals surface area contributed by atoms with E-state index in [1.807, 2.05) is 0 Å². The van der Waals surface area contributed by atoms with Crippen molar-refractivity contribution in [2.45, 2.75) is 24.9 Å². The second-order valence-electron chi connectivity index (χ2n) is 5.31. The van der Waals surface area contributed by atoms with Crippen LogP contribution in [0.15, 0.2) is 24.3 Å². The number of nitrogens with zero attached hydrogens (tertiary/aromatic N) is 1. The first-order chi connectivity index (χ1) is 9.61. The fourth-order valence-electron chi connectivity index (χ4n) is 2.79. The molecule has 0 aromatic heterocycles. The average Bonchev–Trinajstić information content (AvgIpc) is 2.67. The van der Waals surface area contributed by atoms with Gasteiger partial charge in [-0.2, -0.15) is 0 Å². The maximum atomic E-state index is 12.9. The molecule has 0 aliphatic carbocycles. The fraction of sp³-hybridized carbons (Fsp3) is 0.429. The van der Waals surface area contributed by atoms with E-state index in [-0.39, 0.29) is 24.3 Å². The van der Waals surface area contributed by atoms with E-state index in [1.54, 1.807) is 12.1 Å². The van der Waals surface area contributed by atoms with E-state index in [1.165, 1.54) is 17.0 Å². The van der Waals surface area contributed by atoms with Gasteiger partial charge in [0.05, 0.1) is 6.54 Å². The zero-order valence-electron chi connectivity index (χ0n) is 11.0. The smallest absolute Gasteiger partial charge is 0.322 e. The summed E-state index contributed by atoms with van der Waals surface area (Å²) in [4.78, 5) is 25.7. The monoisotopic (exact) mass is 277 g/mol. The molecule has 0 bridgehead atoms. The van der Waals surface area contributed by atoms with Gasteiger partial charge in [0.1, 0.15) is 11.4 Å². The molecule has 2 N–H and O–H groups in total. The molecule has 1 aromatic rings. The third-order valence-electron chi connectivity index (χ3n) is 3.88. The molecule has 2 aliphatic rings. The molecule has 1 atom stereocenters. The Morgan fingerprint density at radius 3 is 2.65 bits per heavy atom. The largest absolute Gasteiger partial charge is 0.325 e. The van der Waals surface area contributed by atoms with Gasteiger partial charge in [0, 0.05) is 6.54 Å². The Labute approximate surface area is 116 Å². The van der Waals surface area contributed by atoms with Crippen LogP contribution >= 0.6 is 0 Å². The number of urea groups is 1. The van der Waals surface area contributed by atoms with Crippen LogP contribution in [0.3, 0.4) is 0 Å². The van der Waals surface area contributed by atoms with E-state index >= 15 is 0 Å². The van der Waals surface area contributed by atoms with Crippen molar-refractivity contribution in [3.05, 3.63) is 35.6 Å². The molecular formula is C14H16FN3O2. The number of nitrogens with one attached hydrogen (secondary N) is 2. The lowest BCUT2D eigenvalue weighted by atomic mass is 9.90.